The summed E-state index contributed by atoms with van der Waals surface area (Å²) < 4.78 is 0.992. The summed E-state index contributed by atoms with van der Waals surface area (Å²) in [5.74, 6) is 0. The molecule has 3 N–H and O–H groups in total. The Morgan fingerprint density at radius 3 is 2.94 bits per heavy atom. The molecule has 0 aliphatic heterocycles. The topological polar surface area (TPSA) is 50.9 Å². The van der Waals surface area contributed by atoms with Crippen LogP contribution in [0.25, 0.3) is 0 Å². The fourth-order valence-corrected chi connectivity index (χ4v) is 2.80. The Labute approximate surface area is 124 Å². The van der Waals surface area contributed by atoms with Crippen LogP contribution in [0.4, 0.5) is 5.69 Å². The summed E-state index contributed by atoms with van der Waals surface area (Å²) in [5.41, 5.74) is 10.4. The highest BCUT2D eigenvalue weighted by atomic mass is 79.9. The zero-order chi connectivity index (χ0) is 13.1. The van der Waals surface area contributed by atoms with Gasteiger partial charge in [-0.1, -0.05) is 28.1 Å². The van der Waals surface area contributed by atoms with E-state index < -0.39 is 0 Å². The van der Waals surface area contributed by atoms with Crippen LogP contribution in [0.5, 0.6) is 0 Å². The molecular formula is C12H12BrN3S2. The number of rotatable bonds is 4. The van der Waals surface area contributed by atoms with Crippen LogP contribution < -0.4 is 11.1 Å². The van der Waals surface area contributed by atoms with E-state index in [9.17, 15) is 0 Å². The molecular weight excluding hydrogens is 330 g/mol. The van der Waals surface area contributed by atoms with E-state index in [4.69, 9.17) is 18.0 Å². The van der Waals surface area contributed by atoms with E-state index in [-0.39, 0.29) is 0 Å². The number of anilines is 1. The minimum absolute atomic E-state index is 0.394. The van der Waals surface area contributed by atoms with Gasteiger partial charge >= 0.3 is 0 Å². The van der Waals surface area contributed by atoms with E-state index >= 15 is 0 Å². The van der Waals surface area contributed by atoms with Gasteiger partial charge in [-0.05, 0) is 25.1 Å². The number of thiocarbonyl (C=S) groups is 1. The lowest BCUT2D eigenvalue weighted by atomic mass is 10.1. The lowest BCUT2D eigenvalue weighted by molar-refractivity contribution is 1.12. The van der Waals surface area contributed by atoms with Crippen LogP contribution in [0.3, 0.4) is 0 Å². The van der Waals surface area contributed by atoms with Crippen molar-refractivity contribution in [3.05, 3.63) is 44.3 Å². The number of benzene rings is 1. The molecule has 0 amide bonds. The molecule has 0 bridgehead atoms. The van der Waals surface area contributed by atoms with Crippen molar-refractivity contribution in [2.75, 3.05) is 5.32 Å². The number of aromatic nitrogens is 1. The van der Waals surface area contributed by atoms with Gasteiger partial charge < -0.3 is 11.1 Å². The number of thiazole rings is 1. The van der Waals surface area contributed by atoms with Crippen molar-refractivity contribution in [1.82, 2.24) is 4.98 Å². The average molecular weight is 342 g/mol. The first-order valence-electron chi connectivity index (χ1n) is 5.30. The summed E-state index contributed by atoms with van der Waals surface area (Å²) in [6.07, 6.45) is 0. The summed E-state index contributed by atoms with van der Waals surface area (Å²) in [7, 11) is 0. The van der Waals surface area contributed by atoms with Gasteiger partial charge in [0.1, 0.15) is 4.99 Å². The van der Waals surface area contributed by atoms with Gasteiger partial charge in [-0.2, -0.15) is 0 Å². The molecule has 1 aromatic carbocycles. The van der Waals surface area contributed by atoms with E-state index in [2.05, 4.69) is 26.2 Å². The molecule has 0 saturated heterocycles. The SMILES string of the molecule is Cc1ncsc1CNc1cc(Br)ccc1C(N)=S. The van der Waals surface area contributed by atoms with Gasteiger partial charge in [0, 0.05) is 20.6 Å². The fourth-order valence-electron chi connectivity index (χ4n) is 1.55. The normalized spacial score (nSPS) is 10.3. The van der Waals surface area contributed by atoms with Crippen LogP contribution in [0.1, 0.15) is 16.1 Å². The van der Waals surface area contributed by atoms with E-state index in [0.717, 1.165) is 28.0 Å². The molecule has 94 valence electrons. The van der Waals surface area contributed by atoms with E-state index in [0.29, 0.717) is 4.99 Å². The molecule has 1 aromatic heterocycles. The van der Waals surface area contributed by atoms with Crippen molar-refractivity contribution < 1.29 is 0 Å². The zero-order valence-corrected chi connectivity index (χ0v) is 13.0. The van der Waals surface area contributed by atoms with Gasteiger partial charge in [0.15, 0.2) is 0 Å². The highest BCUT2D eigenvalue weighted by molar-refractivity contribution is 9.10. The number of nitrogens with zero attached hydrogens (tertiary/aromatic N) is 1. The quantitative estimate of drug-likeness (QED) is 0.836. The van der Waals surface area contributed by atoms with Gasteiger partial charge in [-0.15, -0.1) is 11.3 Å². The Bertz CT molecular complexity index is 580. The average Bonchev–Trinajstić information content (AvgIpc) is 2.72. The molecule has 3 nitrogen and oxygen atoms in total. The van der Waals surface area contributed by atoms with Crippen molar-refractivity contribution in [3.8, 4) is 0 Å². The first-order chi connectivity index (χ1) is 8.58. The first kappa shape index (κ1) is 13.5. The van der Waals surface area contributed by atoms with Crippen molar-refractivity contribution >= 4 is 50.2 Å². The maximum Gasteiger partial charge on any atom is 0.106 e. The predicted molar refractivity (Wildman–Crippen MR) is 84.2 cm³/mol. The number of aryl methyl sites for hydroxylation is 1. The Balaban J connectivity index is 2.20. The maximum absolute atomic E-state index is 5.71. The Kier molecular flexibility index (Phi) is 4.31. The number of nitrogens with two attached hydrogens (primary N) is 1. The summed E-state index contributed by atoms with van der Waals surface area (Å²) in [4.78, 5) is 5.83. The van der Waals surface area contributed by atoms with E-state index in [1.807, 2.05) is 30.6 Å². The number of halogens is 1. The van der Waals surface area contributed by atoms with E-state index in [1.165, 1.54) is 4.88 Å². The molecule has 18 heavy (non-hydrogen) atoms. The minimum atomic E-state index is 0.394. The molecule has 1 heterocycles. The molecule has 0 aliphatic carbocycles. The van der Waals surface area contributed by atoms with Crippen molar-refractivity contribution in [3.63, 3.8) is 0 Å². The molecule has 0 atom stereocenters. The van der Waals surface area contributed by atoms with Crippen LogP contribution in [-0.4, -0.2) is 9.97 Å². The number of hydrogen-bond donors (Lipinski definition) is 2. The molecule has 2 aromatic rings. The molecule has 0 fully saturated rings. The second-order valence-corrected chi connectivity index (χ2v) is 6.06. The largest absolute Gasteiger partial charge is 0.389 e. The highest BCUT2D eigenvalue weighted by Gasteiger charge is 2.07. The molecule has 0 radical (unpaired) electrons. The third-order valence-corrected chi connectivity index (χ3v) is 4.18. The maximum atomic E-state index is 5.71. The molecule has 2 rings (SSSR count). The van der Waals surface area contributed by atoms with Crippen molar-refractivity contribution in [1.29, 1.82) is 0 Å². The predicted octanol–water partition coefficient (Wildman–Crippen LogP) is 3.46. The van der Waals surface area contributed by atoms with Gasteiger partial charge in [0.2, 0.25) is 0 Å². The van der Waals surface area contributed by atoms with Crippen LogP contribution in [0.15, 0.2) is 28.2 Å². The Morgan fingerprint density at radius 1 is 1.56 bits per heavy atom. The monoisotopic (exact) mass is 341 g/mol. The van der Waals surface area contributed by atoms with E-state index in [1.54, 1.807) is 11.3 Å². The minimum Gasteiger partial charge on any atom is -0.389 e. The van der Waals surface area contributed by atoms with Crippen LogP contribution in [0, 0.1) is 6.92 Å². The molecule has 0 spiro atoms. The first-order valence-corrected chi connectivity index (χ1v) is 7.38. The molecule has 6 heteroatoms. The second kappa shape index (κ2) is 5.77. The van der Waals surface area contributed by atoms with Crippen LogP contribution in [-0.2, 0) is 6.54 Å². The van der Waals surface area contributed by atoms with Crippen LogP contribution in [0.2, 0.25) is 0 Å². The summed E-state index contributed by atoms with van der Waals surface area (Å²) >= 11 is 10.1. The standard InChI is InChI=1S/C12H12BrN3S2/c1-7-11(18-6-16-7)5-15-10-4-8(13)2-3-9(10)12(14)17/h2-4,6,15H,5H2,1H3,(H2,14,17). The van der Waals surface area contributed by atoms with Crippen LogP contribution >= 0.6 is 39.5 Å². The molecule has 0 aliphatic rings. The number of hydrogen-bond acceptors (Lipinski definition) is 4. The Morgan fingerprint density at radius 2 is 2.33 bits per heavy atom. The smallest absolute Gasteiger partial charge is 0.106 e. The lowest BCUT2D eigenvalue weighted by Crippen LogP contribution is -2.13. The highest BCUT2D eigenvalue weighted by Crippen LogP contribution is 2.23. The van der Waals surface area contributed by atoms with Crippen molar-refractivity contribution in [2.24, 2.45) is 5.73 Å². The van der Waals surface area contributed by atoms with Gasteiger partial charge in [-0.25, -0.2) is 4.98 Å². The second-order valence-electron chi connectivity index (χ2n) is 3.77. The van der Waals surface area contributed by atoms with Gasteiger partial charge in [0.25, 0.3) is 0 Å². The number of nitrogens with one attached hydrogen (secondary N) is 1. The fraction of sp³-hybridized carbons (Fsp3) is 0.167. The summed E-state index contributed by atoms with van der Waals surface area (Å²) in [6.45, 7) is 2.73. The van der Waals surface area contributed by atoms with Gasteiger partial charge in [-0.3, -0.25) is 0 Å². The third-order valence-electron chi connectivity index (χ3n) is 2.53. The van der Waals surface area contributed by atoms with Gasteiger partial charge in [0.05, 0.1) is 17.7 Å². The third kappa shape index (κ3) is 3.07. The summed E-state index contributed by atoms with van der Waals surface area (Å²) in [6, 6.07) is 5.82. The summed E-state index contributed by atoms with van der Waals surface area (Å²) in [5, 5.41) is 3.35. The zero-order valence-electron chi connectivity index (χ0n) is 9.74. The van der Waals surface area contributed by atoms with Crippen molar-refractivity contribution in [2.45, 2.75) is 13.5 Å². The molecule has 0 unspecified atom stereocenters. The Hall–Kier alpha value is -0.980. The lowest BCUT2D eigenvalue weighted by Gasteiger charge is -2.11. The molecule has 0 saturated carbocycles.